The molecule has 0 spiro atoms. The number of carbonyl (C=O) groups is 2. The number of esters is 2. The van der Waals surface area contributed by atoms with E-state index in [4.69, 9.17) is 14.2 Å². The van der Waals surface area contributed by atoms with Crippen LogP contribution in [0.4, 0.5) is 0 Å². The van der Waals surface area contributed by atoms with Gasteiger partial charge in [0, 0.05) is 12.8 Å². The molecule has 1 aliphatic rings. The molecule has 1 heterocycles. The Hall–Kier alpha value is -1.92. The molecule has 0 saturated carbocycles. The average Bonchev–Trinajstić information content (AvgIpc) is 3.81. The Morgan fingerprint density at radius 2 is 1.15 bits per heavy atom. The van der Waals surface area contributed by atoms with E-state index < -0.39 is 6.10 Å². The minimum Gasteiger partial charge on any atom is -0.463 e. The Morgan fingerprint density at radius 3 is 1.76 bits per heavy atom. The molecule has 4 atom stereocenters. The number of allylic oxidation sites excluding steroid dienone is 4. The maximum absolute atomic E-state index is 11.9. The molecule has 0 amide bonds. The van der Waals surface area contributed by atoms with E-state index in [-0.39, 0.29) is 25.2 Å². The van der Waals surface area contributed by atoms with Gasteiger partial charge in [-0.3, -0.25) is 9.59 Å². The number of carbonyl (C=O) groups excluding carboxylic acids is 2. The number of unbranched alkanes of at least 4 members (excludes halogenated alkanes) is 13. The van der Waals surface area contributed by atoms with Crippen LogP contribution in [-0.2, 0) is 23.8 Å². The minimum atomic E-state index is -0.988. The number of hydrogen-bond donors (Lipinski definition) is 1. The number of aliphatic hydroxyl groups is 1. The Bertz CT molecular complexity index is 819. The Labute approximate surface area is 282 Å². The van der Waals surface area contributed by atoms with Gasteiger partial charge in [0.2, 0.25) is 0 Å². The highest BCUT2D eigenvalue weighted by Gasteiger charge is 2.35. The molecule has 1 aliphatic heterocycles. The van der Waals surface area contributed by atoms with Gasteiger partial charge in [-0.05, 0) is 57.3 Å². The smallest absolute Gasteiger partial charge is 0.305 e. The zero-order chi connectivity index (χ0) is 33.5. The van der Waals surface area contributed by atoms with Crippen LogP contribution in [0.2, 0.25) is 0 Å². The van der Waals surface area contributed by atoms with Gasteiger partial charge < -0.3 is 19.3 Å². The summed E-state index contributed by atoms with van der Waals surface area (Å²) in [7, 11) is 0. The van der Waals surface area contributed by atoms with Crippen LogP contribution in [0.15, 0.2) is 36.5 Å². The summed E-state index contributed by atoms with van der Waals surface area (Å²) in [6.07, 6.45) is 37.9. The summed E-state index contributed by atoms with van der Waals surface area (Å²) in [5, 5.41) is 10.00. The van der Waals surface area contributed by atoms with Gasteiger partial charge in [0.05, 0.1) is 12.2 Å². The highest BCUT2D eigenvalue weighted by molar-refractivity contribution is 5.69. The minimum absolute atomic E-state index is 0.135. The van der Waals surface area contributed by atoms with Gasteiger partial charge in [0.15, 0.2) is 0 Å². The van der Waals surface area contributed by atoms with Gasteiger partial charge in [0.25, 0.3) is 0 Å². The lowest BCUT2D eigenvalue weighted by molar-refractivity contribution is -0.152. The standard InChI is InChI=1S/C40H70O6/c1-4-6-7-8-19-24-29-37-38(46-37)30-25-20-15-13-17-22-27-32-40(43)45-34-36(41)33-44-39(42)31-26-21-16-12-10-9-11-14-18-23-28-35(3)5-2/h13,17,19-20,24-25,35-38,41H,4-12,14-16,18,21-23,26-34H2,1-3H3/b17-13-,24-19-,25-20-/t35?,36-,37?,38?/m1/s1. The van der Waals surface area contributed by atoms with Gasteiger partial charge in [-0.15, -0.1) is 0 Å². The molecule has 0 aliphatic carbocycles. The molecule has 0 radical (unpaired) electrons. The molecule has 6 heteroatoms. The number of hydrogen-bond acceptors (Lipinski definition) is 6. The number of aliphatic hydroxyl groups excluding tert-OH is 1. The number of ether oxygens (including phenoxy) is 3. The molecule has 0 aromatic carbocycles. The molecule has 0 aromatic rings. The normalized spacial score (nSPS) is 17.7. The van der Waals surface area contributed by atoms with E-state index in [1.54, 1.807) is 0 Å². The van der Waals surface area contributed by atoms with E-state index in [1.165, 1.54) is 83.5 Å². The Balaban J connectivity index is 1.87. The summed E-state index contributed by atoms with van der Waals surface area (Å²) in [6, 6.07) is 0. The third-order valence-electron chi connectivity index (χ3n) is 8.82. The zero-order valence-electron chi connectivity index (χ0n) is 29.9. The number of rotatable bonds is 32. The van der Waals surface area contributed by atoms with Crippen LogP contribution in [-0.4, -0.2) is 48.6 Å². The number of epoxide rings is 1. The van der Waals surface area contributed by atoms with Crippen molar-refractivity contribution in [1.29, 1.82) is 0 Å². The van der Waals surface area contributed by atoms with Crippen LogP contribution in [0, 0.1) is 5.92 Å². The van der Waals surface area contributed by atoms with Crippen molar-refractivity contribution in [2.75, 3.05) is 13.2 Å². The largest absolute Gasteiger partial charge is 0.463 e. The second-order valence-corrected chi connectivity index (χ2v) is 13.3. The Morgan fingerprint density at radius 1 is 0.652 bits per heavy atom. The first kappa shape index (κ1) is 42.1. The maximum atomic E-state index is 11.9. The predicted molar refractivity (Wildman–Crippen MR) is 191 cm³/mol. The molecular formula is C40H70O6. The van der Waals surface area contributed by atoms with Crippen LogP contribution in [0.25, 0.3) is 0 Å². The molecule has 1 rings (SSSR count). The highest BCUT2D eigenvalue weighted by atomic mass is 16.6. The highest BCUT2D eigenvalue weighted by Crippen LogP contribution is 2.29. The summed E-state index contributed by atoms with van der Waals surface area (Å²) >= 11 is 0. The second-order valence-electron chi connectivity index (χ2n) is 13.3. The van der Waals surface area contributed by atoms with Crippen molar-refractivity contribution in [1.82, 2.24) is 0 Å². The SMILES string of the molecule is CCCCC/C=C\CC1OC1C/C=C\C/C=C\CCCC(=O)OC[C@H](O)COC(=O)CCCCCCCCCCCCC(C)CC. The Kier molecular flexibility index (Phi) is 27.8. The van der Waals surface area contributed by atoms with Crippen molar-refractivity contribution < 1.29 is 28.9 Å². The van der Waals surface area contributed by atoms with Crippen molar-refractivity contribution in [3.8, 4) is 0 Å². The van der Waals surface area contributed by atoms with Crippen molar-refractivity contribution in [2.24, 2.45) is 5.92 Å². The molecule has 0 aromatic heterocycles. The summed E-state index contributed by atoms with van der Waals surface area (Å²) in [6.45, 7) is 6.57. The van der Waals surface area contributed by atoms with E-state index in [1.807, 2.05) is 0 Å². The van der Waals surface area contributed by atoms with E-state index >= 15 is 0 Å². The van der Waals surface area contributed by atoms with E-state index in [0.29, 0.717) is 31.5 Å². The van der Waals surface area contributed by atoms with E-state index in [9.17, 15) is 14.7 Å². The summed E-state index contributed by atoms with van der Waals surface area (Å²) in [4.78, 5) is 23.9. The van der Waals surface area contributed by atoms with Gasteiger partial charge in [-0.25, -0.2) is 0 Å². The molecule has 46 heavy (non-hydrogen) atoms. The van der Waals surface area contributed by atoms with Gasteiger partial charge in [-0.1, -0.05) is 141 Å². The molecule has 3 unspecified atom stereocenters. The van der Waals surface area contributed by atoms with Crippen molar-refractivity contribution in [3.05, 3.63) is 36.5 Å². The topological polar surface area (TPSA) is 85.4 Å². The molecular weight excluding hydrogens is 576 g/mol. The van der Waals surface area contributed by atoms with E-state index in [0.717, 1.165) is 50.9 Å². The third kappa shape index (κ3) is 27.2. The zero-order valence-corrected chi connectivity index (χ0v) is 29.9. The van der Waals surface area contributed by atoms with Gasteiger partial charge >= 0.3 is 11.9 Å². The van der Waals surface area contributed by atoms with Crippen molar-refractivity contribution in [3.63, 3.8) is 0 Å². The first-order valence-corrected chi connectivity index (χ1v) is 19.1. The summed E-state index contributed by atoms with van der Waals surface area (Å²) in [5.74, 6) is 0.240. The van der Waals surface area contributed by atoms with Crippen LogP contribution in [0.1, 0.15) is 168 Å². The summed E-state index contributed by atoms with van der Waals surface area (Å²) < 4.78 is 16.0. The first-order valence-electron chi connectivity index (χ1n) is 19.1. The molecule has 1 fully saturated rings. The summed E-state index contributed by atoms with van der Waals surface area (Å²) in [5.41, 5.74) is 0. The second kappa shape index (κ2) is 30.4. The van der Waals surface area contributed by atoms with Crippen molar-refractivity contribution in [2.45, 2.75) is 187 Å². The fourth-order valence-corrected chi connectivity index (χ4v) is 5.39. The van der Waals surface area contributed by atoms with E-state index in [2.05, 4.69) is 57.2 Å². The average molecular weight is 647 g/mol. The monoisotopic (exact) mass is 647 g/mol. The van der Waals surface area contributed by atoms with Crippen LogP contribution in [0.3, 0.4) is 0 Å². The van der Waals surface area contributed by atoms with Gasteiger partial charge in [-0.2, -0.15) is 0 Å². The molecule has 6 nitrogen and oxygen atoms in total. The van der Waals surface area contributed by atoms with Crippen molar-refractivity contribution >= 4 is 11.9 Å². The predicted octanol–water partition coefficient (Wildman–Crippen LogP) is 10.5. The fourth-order valence-electron chi connectivity index (χ4n) is 5.39. The molecule has 1 N–H and O–H groups in total. The lowest BCUT2D eigenvalue weighted by Crippen LogP contribution is -2.25. The third-order valence-corrected chi connectivity index (χ3v) is 8.82. The first-order chi connectivity index (χ1) is 22.5. The fraction of sp³-hybridized carbons (Fsp3) is 0.800. The van der Waals surface area contributed by atoms with Crippen LogP contribution >= 0.6 is 0 Å². The maximum Gasteiger partial charge on any atom is 0.305 e. The lowest BCUT2D eigenvalue weighted by Gasteiger charge is -2.12. The molecule has 0 bridgehead atoms. The van der Waals surface area contributed by atoms with Crippen LogP contribution in [0.5, 0.6) is 0 Å². The molecule has 266 valence electrons. The van der Waals surface area contributed by atoms with Gasteiger partial charge in [0.1, 0.15) is 19.3 Å². The van der Waals surface area contributed by atoms with Crippen LogP contribution < -0.4 is 0 Å². The lowest BCUT2D eigenvalue weighted by atomic mass is 9.99. The quantitative estimate of drug-likeness (QED) is 0.0339. The molecule has 1 saturated heterocycles.